The molecule has 0 amide bonds. The highest BCUT2D eigenvalue weighted by Gasteiger charge is 2.36. The normalized spacial score (nSPS) is 13.2. The van der Waals surface area contributed by atoms with Crippen LogP contribution in [0.15, 0.2) is 17.2 Å². The first-order valence-electron chi connectivity index (χ1n) is 5.15. The molecule has 1 aromatic rings. The van der Waals surface area contributed by atoms with Crippen LogP contribution < -0.4 is 5.73 Å². The zero-order chi connectivity index (χ0) is 14.0. The maximum atomic E-state index is 12.3. The molecule has 0 spiro atoms. The minimum atomic E-state index is -4.57. The second-order valence-electron chi connectivity index (χ2n) is 3.61. The summed E-state index contributed by atoms with van der Waals surface area (Å²) in [6, 6.07) is 1.23. The first-order chi connectivity index (χ1) is 8.20. The molecule has 0 saturated carbocycles. The summed E-state index contributed by atoms with van der Waals surface area (Å²) in [5.41, 5.74) is 5.74. The molecule has 0 saturated heterocycles. The molecule has 5 nitrogen and oxygen atoms in total. The van der Waals surface area contributed by atoms with Gasteiger partial charge < -0.3 is 10.7 Å². The Hall–Kier alpha value is -1.06. The van der Waals surface area contributed by atoms with Crippen LogP contribution in [-0.2, 0) is 16.6 Å². The van der Waals surface area contributed by atoms with Crippen LogP contribution >= 0.6 is 0 Å². The molecule has 0 bridgehead atoms. The van der Waals surface area contributed by atoms with Crippen molar-refractivity contribution >= 4 is 10.0 Å². The average molecular weight is 285 g/mol. The Labute approximate surface area is 103 Å². The smallest absolute Gasteiger partial charge is 0.363 e. The van der Waals surface area contributed by atoms with Gasteiger partial charge >= 0.3 is 6.18 Å². The van der Waals surface area contributed by atoms with Crippen molar-refractivity contribution in [3.63, 3.8) is 0 Å². The Morgan fingerprint density at radius 3 is 2.44 bits per heavy atom. The van der Waals surface area contributed by atoms with Crippen LogP contribution in [0.3, 0.4) is 0 Å². The monoisotopic (exact) mass is 285 g/mol. The molecule has 0 unspecified atom stereocenters. The Bertz CT molecular complexity index is 495. The van der Waals surface area contributed by atoms with Gasteiger partial charge in [0.2, 0.25) is 10.0 Å². The number of alkyl halides is 3. The fourth-order valence-corrected chi connectivity index (χ4v) is 2.85. The topological polar surface area (TPSA) is 79.2 Å². The van der Waals surface area contributed by atoms with Crippen LogP contribution in [0.4, 0.5) is 13.2 Å². The van der Waals surface area contributed by atoms with E-state index in [4.69, 9.17) is 5.73 Å². The van der Waals surface area contributed by atoms with Crippen LogP contribution in [0.5, 0.6) is 0 Å². The van der Waals surface area contributed by atoms with Crippen molar-refractivity contribution in [2.75, 3.05) is 13.1 Å². The third-order valence-corrected chi connectivity index (χ3v) is 4.18. The number of aromatic nitrogens is 1. The molecule has 18 heavy (non-hydrogen) atoms. The van der Waals surface area contributed by atoms with Crippen molar-refractivity contribution in [1.82, 2.24) is 9.29 Å². The number of rotatable bonds is 5. The Morgan fingerprint density at radius 1 is 1.44 bits per heavy atom. The largest absolute Gasteiger partial charge is 0.402 e. The van der Waals surface area contributed by atoms with Gasteiger partial charge in [-0.3, -0.25) is 0 Å². The number of halogens is 3. The van der Waals surface area contributed by atoms with Crippen LogP contribution in [0.2, 0.25) is 0 Å². The van der Waals surface area contributed by atoms with E-state index in [0.717, 1.165) is 6.20 Å². The van der Waals surface area contributed by atoms with Crippen molar-refractivity contribution in [3.8, 4) is 0 Å². The van der Waals surface area contributed by atoms with E-state index in [1.54, 1.807) is 0 Å². The second-order valence-corrected chi connectivity index (χ2v) is 5.55. The summed E-state index contributed by atoms with van der Waals surface area (Å²) in [5.74, 6) is 0. The highest BCUT2D eigenvalue weighted by molar-refractivity contribution is 7.89. The zero-order valence-electron chi connectivity index (χ0n) is 9.66. The maximum absolute atomic E-state index is 12.3. The van der Waals surface area contributed by atoms with Crippen LogP contribution in [-0.4, -0.2) is 37.0 Å². The number of hydrogen-bond acceptors (Lipinski definition) is 3. The van der Waals surface area contributed by atoms with Gasteiger partial charge in [-0.2, -0.15) is 17.5 Å². The standard InChI is InChI=1S/C9H14F3N3O2S/c1-2-15(6-9(10,11)12)18(16,17)8-3-7(4-13)14-5-8/h3,5,14H,2,4,6,13H2,1H3. The van der Waals surface area contributed by atoms with Gasteiger partial charge in [0.15, 0.2) is 0 Å². The van der Waals surface area contributed by atoms with Gasteiger partial charge in [-0.1, -0.05) is 6.92 Å². The van der Waals surface area contributed by atoms with Crippen molar-refractivity contribution < 1.29 is 21.6 Å². The molecule has 1 rings (SSSR count). The van der Waals surface area contributed by atoms with Gasteiger partial charge in [-0.05, 0) is 6.07 Å². The summed E-state index contributed by atoms with van der Waals surface area (Å²) in [4.78, 5) is 2.38. The lowest BCUT2D eigenvalue weighted by Crippen LogP contribution is -2.38. The van der Waals surface area contributed by atoms with E-state index in [1.807, 2.05) is 0 Å². The molecular weight excluding hydrogens is 271 g/mol. The Balaban J connectivity index is 3.03. The van der Waals surface area contributed by atoms with Gasteiger partial charge in [0.05, 0.1) is 4.90 Å². The first-order valence-corrected chi connectivity index (χ1v) is 6.59. The maximum Gasteiger partial charge on any atom is 0.402 e. The van der Waals surface area contributed by atoms with Crippen molar-refractivity contribution in [1.29, 1.82) is 0 Å². The third-order valence-electron chi connectivity index (χ3n) is 2.28. The number of nitrogens with zero attached hydrogens (tertiary/aromatic N) is 1. The van der Waals surface area contributed by atoms with E-state index >= 15 is 0 Å². The van der Waals surface area contributed by atoms with Crippen molar-refractivity contribution in [2.24, 2.45) is 5.73 Å². The van der Waals surface area contributed by atoms with E-state index in [2.05, 4.69) is 4.98 Å². The van der Waals surface area contributed by atoms with Gasteiger partial charge in [-0.25, -0.2) is 8.42 Å². The van der Waals surface area contributed by atoms with E-state index in [-0.39, 0.29) is 18.0 Å². The Kier molecular flexibility index (Phi) is 4.41. The highest BCUT2D eigenvalue weighted by atomic mass is 32.2. The molecule has 0 aliphatic heterocycles. The lowest BCUT2D eigenvalue weighted by atomic mass is 10.4. The number of aromatic amines is 1. The van der Waals surface area contributed by atoms with Crippen LogP contribution in [0, 0.1) is 0 Å². The Morgan fingerprint density at radius 2 is 2.06 bits per heavy atom. The second kappa shape index (κ2) is 5.29. The van der Waals surface area contributed by atoms with Crippen LogP contribution in [0.1, 0.15) is 12.6 Å². The SMILES string of the molecule is CCN(CC(F)(F)F)S(=O)(=O)c1c[nH]c(CN)c1. The number of H-pyrrole nitrogens is 1. The summed E-state index contributed by atoms with van der Waals surface area (Å²) in [6.45, 7) is -0.333. The molecule has 0 radical (unpaired) electrons. The zero-order valence-corrected chi connectivity index (χ0v) is 10.5. The lowest BCUT2D eigenvalue weighted by molar-refractivity contribution is -0.135. The number of nitrogens with one attached hydrogen (secondary N) is 1. The van der Waals surface area contributed by atoms with E-state index in [1.165, 1.54) is 13.0 Å². The van der Waals surface area contributed by atoms with E-state index in [9.17, 15) is 21.6 Å². The first kappa shape index (κ1) is 15.0. The molecule has 0 atom stereocenters. The molecule has 0 fully saturated rings. The quantitative estimate of drug-likeness (QED) is 0.848. The summed E-state index contributed by atoms with van der Waals surface area (Å²) in [5, 5.41) is 0. The molecule has 3 N–H and O–H groups in total. The molecule has 0 aliphatic carbocycles. The van der Waals surface area contributed by atoms with Crippen LogP contribution in [0.25, 0.3) is 0 Å². The molecule has 104 valence electrons. The van der Waals surface area contributed by atoms with Gasteiger partial charge in [-0.15, -0.1) is 0 Å². The number of hydrogen-bond donors (Lipinski definition) is 2. The predicted octanol–water partition coefficient (Wildman–Crippen LogP) is 1.05. The minimum absolute atomic E-state index is 0.0842. The summed E-state index contributed by atoms with van der Waals surface area (Å²) >= 11 is 0. The highest BCUT2D eigenvalue weighted by Crippen LogP contribution is 2.22. The molecule has 1 aromatic heterocycles. The summed E-state index contributed by atoms with van der Waals surface area (Å²) < 4.78 is 61.1. The number of nitrogens with two attached hydrogens (primary N) is 1. The predicted molar refractivity (Wildman–Crippen MR) is 59.2 cm³/mol. The number of sulfonamides is 1. The molecule has 0 aliphatic rings. The molecule has 9 heteroatoms. The molecule has 0 aromatic carbocycles. The van der Waals surface area contributed by atoms with Crippen molar-refractivity contribution in [3.05, 3.63) is 18.0 Å². The average Bonchev–Trinajstić information content (AvgIpc) is 2.73. The van der Waals surface area contributed by atoms with Crippen molar-refractivity contribution in [2.45, 2.75) is 24.5 Å². The lowest BCUT2D eigenvalue weighted by Gasteiger charge is -2.20. The van der Waals surface area contributed by atoms with E-state index < -0.39 is 22.7 Å². The molecule has 1 heterocycles. The minimum Gasteiger partial charge on any atom is -0.363 e. The fourth-order valence-electron chi connectivity index (χ4n) is 1.40. The van der Waals surface area contributed by atoms with Gasteiger partial charge in [0, 0.05) is 25.0 Å². The molecular formula is C9H14F3N3O2S. The summed E-state index contributed by atoms with van der Waals surface area (Å²) in [7, 11) is -4.15. The summed E-state index contributed by atoms with van der Waals surface area (Å²) in [6.07, 6.45) is -3.44. The fraction of sp³-hybridized carbons (Fsp3) is 0.556. The van der Waals surface area contributed by atoms with Gasteiger partial charge in [0.1, 0.15) is 6.54 Å². The van der Waals surface area contributed by atoms with E-state index in [0.29, 0.717) is 10.00 Å². The third kappa shape index (κ3) is 3.47. The van der Waals surface area contributed by atoms with Gasteiger partial charge in [0.25, 0.3) is 0 Å².